The van der Waals surface area contributed by atoms with Crippen molar-refractivity contribution in [2.24, 2.45) is 0 Å². The van der Waals surface area contributed by atoms with Gasteiger partial charge in [-0.1, -0.05) is 65.1 Å². The zero-order valence-corrected chi connectivity index (χ0v) is 22.6. The lowest BCUT2D eigenvalue weighted by molar-refractivity contribution is -0.139. The number of likely N-dealkylation sites (N-methyl/N-ethyl adjacent to an activating group) is 1. The van der Waals surface area contributed by atoms with Gasteiger partial charge in [-0.2, -0.15) is 0 Å². The van der Waals surface area contributed by atoms with Crippen LogP contribution < -0.4 is 9.62 Å². The normalized spacial score (nSPS) is 12.0. The maximum atomic E-state index is 13.6. The fraction of sp³-hybridized carbons (Fsp3) is 0.200. The Balaban J connectivity index is 2.04. The molecule has 190 valence electrons. The van der Waals surface area contributed by atoms with Crippen LogP contribution in [0.4, 0.5) is 5.69 Å². The van der Waals surface area contributed by atoms with E-state index in [2.05, 4.69) is 5.32 Å². The van der Waals surface area contributed by atoms with E-state index in [9.17, 15) is 18.0 Å². The van der Waals surface area contributed by atoms with Crippen molar-refractivity contribution in [2.45, 2.75) is 24.4 Å². The summed E-state index contributed by atoms with van der Waals surface area (Å²) in [6.45, 7) is 1.05. The molecule has 7 nitrogen and oxygen atoms in total. The number of amides is 2. The second-order valence-corrected chi connectivity index (χ2v) is 11.0. The van der Waals surface area contributed by atoms with Crippen molar-refractivity contribution in [2.75, 3.05) is 17.9 Å². The molecule has 3 aromatic rings. The largest absolute Gasteiger partial charge is 0.357 e. The van der Waals surface area contributed by atoms with E-state index < -0.39 is 34.4 Å². The molecule has 3 rings (SSSR count). The van der Waals surface area contributed by atoms with Gasteiger partial charge in [-0.15, -0.1) is 0 Å². The monoisotopic (exact) mass is 567 g/mol. The first-order valence-corrected chi connectivity index (χ1v) is 13.4. The van der Waals surface area contributed by atoms with E-state index in [0.717, 1.165) is 9.87 Å². The first-order valence-electron chi connectivity index (χ1n) is 10.8. The molecule has 36 heavy (non-hydrogen) atoms. The SMILES string of the molecule is CNC(=O)C(C)N(Cc1ccc(Cl)cc1)C(=O)CN(c1ccc(Cl)c(Cl)c1)S(=O)(=O)c1ccccc1. The van der Waals surface area contributed by atoms with E-state index in [1.165, 1.54) is 42.3 Å². The lowest BCUT2D eigenvalue weighted by Gasteiger charge is -2.31. The number of hydrogen-bond donors (Lipinski definition) is 1. The van der Waals surface area contributed by atoms with Crippen LogP contribution in [0.3, 0.4) is 0 Å². The summed E-state index contributed by atoms with van der Waals surface area (Å²) in [4.78, 5) is 27.4. The predicted molar refractivity (Wildman–Crippen MR) is 143 cm³/mol. The van der Waals surface area contributed by atoms with Gasteiger partial charge in [0.2, 0.25) is 11.8 Å². The Labute approximate surface area is 225 Å². The molecule has 11 heteroatoms. The maximum Gasteiger partial charge on any atom is 0.264 e. The number of rotatable bonds is 9. The van der Waals surface area contributed by atoms with Gasteiger partial charge in [0.1, 0.15) is 12.6 Å². The van der Waals surface area contributed by atoms with Crippen LogP contribution in [0.25, 0.3) is 0 Å². The zero-order chi connectivity index (χ0) is 26.5. The van der Waals surface area contributed by atoms with Gasteiger partial charge in [-0.3, -0.25) is 13.9 Å². The Morgan fingerprint density at radius 2 is 1.56 bits per heavy atom. The van der Waals surface area contributed by atoms with Gasteiger partial charge in [0.25, 0.3) is 10.0 Å². The Kier molecular flexibility index (Phi) is 9.24. The Bertz CT molecular complexity index is 1340. The first kappa shape index (κ1) is 27.8. The molecule has 3 aromatic carbocycles. The number of hydrogen-bond acceptors (Lipinski definition) is 4. The van der Waals surface area contributed by atoms with Crippen molar-refractivity contribution in [3.8, 4) is 0 Å². The summed E-state index contributed by atoms with van der Waals surface area (Å²) in [5.41, 5.74) is 0.871. The van der Waals surface area contributed by atoms with Crippen molar-refractivity contribution >= 4 is 62.3 Å². The van der Waals surface area contributed by atoms with E-state index in [4.69, 9.17) is 34.8 Å². The highest BCUT2D eigenvalue weighted by Gasteiger charge is 2.32. The van der Waals surface area contributed by atoms with Crippen LogP contribution in [0.2, 0.25) is 15.1 Å². The molecule has 1 atom stereocenters. The van der Waals surface area contributed by atoms with E-state index in [0.29, 0.717) is 5.02 Å². The zero-order valence-electron chi connectivity index (χ0n) is 19.5. The number of carbonyl (C=O) groups is 2. The topological polar surface area (TPSA) is 86.8 Å². The summed E-state index contributed by atoms with van der Waals surface area (Å²) < 4.78 is 28.2. The lowest BCUT2D eigenvalue weighted by Crippen LogP contribution is -2.50. The molecule has 0 fully saturated rings. The quantitative estimate of drug-likeness (QED) is 0.393. The molecule has 0 spiro atoms. The standard InChI is InChI=1S/C25H24Cl3N3O4S/c1-17(25(33)29-2)30(15-18-8-10-19(26)11-9-18)24(32)16-31(20-12-13-22(27)23(28)14-20)36(34,35)21-6-4-3-5-7-21/h3-14,17H,15-16H2,1-2H3,(H,29,33). The molecule has 0 bridgehead atoms. The van der Waals surface area contributed by atoms with Crippen LogP contribution in [0.1, 0.15) is 12.5 Å². The number of carbonyl (C=O) groups excluding carboxylic acids is 2. The number of benzene rings is 3. The highest BCUT2D eigenvalue weighted by atomic mass is 35.5. The molecule has 1 unspecified atom stereocenters. The summed E-state index contributed by atoms with van der Waals surface area (Å²) >= 11 is 18.2. The molecule has 0 saturated heterocycles. The number of sulfonamides is 1. The minimum atomic E-state index is -4.18. The fourth-order valence-electron chi connectivity index (χ4n) is 3.47. The summed E-state index contributed by atoms with van der Waals surface area (Å²) in [6, 6.07) is 18.0. The van der Waals surface area contributed by atoms with Gasteiger partial charge in [-0.25, -0.2) is 8.42 Å². The highest BCUT2D eigenvalue weighted by molar-refractivity contribution is 7.92. The molecular formula is C25H24Cl3N3O4S. The third kappa shape index (κ3) is 6.50. The van der Waals surface area contributed by atoms with Gasteiger partial charge >= 0.3 is 0 Å². The summed E-state index contributed by atoms with van der Waals surface area (Å²) in [6.07, 6.45) is 0. The van der Waals surface area contributed by atoms with Crippen LogP contribution in [0.5, 0.6) is 0 Å². The second-order valence-electron chi connectivity index (χ2n) is 7.86. The molecule has 0 aliphatic heterocycles. The minimum absolute atomic E-state index is 0.00697. The Morgan fingerprint density at radius 3 is 2.14 bits per heavy atom. The molecule has 0 aromatic heterocycles. The van der Waals surface area contributed by atoms with Crippen LogP contribution in [-0.2, 0) is 26.2 Å². The van der Waals surface area contributed by atoms with Gasteiger partial charge < -0.3 is 10.2 Å². The Morgan fingerprint density at radius 1 is 0.917 bits per heavy atom. The summed E-state index contributed by atoms with van der Waals surface area (Å²) in [7, 11) is -2.71. The van der Waals surface area contributed by atoms with Gasteiger partial charge in [0.15, 0.2) is 0 Å². The average molecular weight is 569 g/mol. The minimum Gasteiger partial charge on any atom is -0.357 e. The average Bonchev–Trinajstić information content (AvgIpc) is 2.88. The lowest BCUT2D eigenvalue weighted by atomic mass is 10.1. The molecule has 0 radical (unpaired) electrons. The van der Waals surface area contributed by atoms with Crippen molar-refractivity contribution in [3.63, 3.8) is 0 Å². The van der Waals surface area contributed by atoms with Gasteiger partial charge in [0.05, 0.1) is 20.6 Å². The molecule has 2 amide bonds. The van der Waals surface area contributed by atoms with Crippen LogP contribution >= 0.6 is 34.8 Å². The predicted octanol–water partition coefficient (Wildman–Crippen LogP) is 5.01. The van der Waals surface area contributed by atoms with Crippen LogP contribution in [0.15, 0.2) is 77.7 Å². The van der Waals surface area contributed by atoms with Crippen molar-refractivity contribution in [1.29, 1.82) is 0 Å². The maximum absolute atomic E-state index is 13.6. The summed E-state index contributed by atoms with van der Waals surface area (Å²) in [5, 5.41) is 3.42. The van der Waals surface area contributed by atoms with Crippen molar-refractivity contribution < 1.29 is 18.0 Å². The van der Waals surface area contributed by atoms with Crippen LogP contribution in [0, 0.1) is 0 Å². The number of halogens is 3. The van der Waals surface area contributed by atoms with E-state index in [1.807, 2.05) is 0 Å². The highest BCUT2D eigenvalue weighted by Crippen LogP contribution is 2.31. The van der Waals surface area contributed by atoms with Gasteiger partial charge in [-0.05, 0) is 55.0 Å². The van der Waals surface area contributed by atoms with E-state index >= 15 is 0 Å². The molecular weight excluding hydrogens is 545 g/mol. The number of anilines is 1. The third-order valence-corrected chi connectivity index (χ3v) is 8.26. The smallest absolute Gasteiger partial charge is 0.264 e. The molecule has 0 saturated carbocycles. The fourth-order valence-corrected chi connectivity index (χ4v) is 5.31. The Hall–Kier alpha value is -2.78. The van der Waals surface area contributed by atoms with E-state index in [-0.39, 0.29) is 27.2 Å². The third-order valence-electron chi connectivity index (χ3n) is 5.48. The molecule has 0 heterocycles. The number of nitrogens with zero attached hydrogens (tertiary/aromatic N) is 2. The van der Waals surface area contributed by atoms with Crippen molar-refractivity contribution in [3.05, 3.63) is 93.4 Å². The summed E-state index contributed by atoms with van der Waals surface area (Å²) in [5.74, 6) is -0.990. The second kappa shape index (κ2) is 12.0. The van der Waals surface area contributed by atoms with Crippen LogP contribution in [-0.4, -0.2) is 44.8 Å². The van der Waals surface area contributed by atoms with Crippen molar-refractivity contribution in [1.82, 2.24) is 10.2 Å². The first-order chi connectivity index (χ1) is 17.0. The number of nitrogens with one attached hydrogen (secondary N) is 1. The molecule has 0 aliphatic carbocycles. The van der Waals surface area contributed by atoms with E-state index in [1.54, 1.807) is 49.4 Å². The molecule has 0 aliphatic rings. The van der Waals surface area contributed by atoms with Gasteiger partial charge in [0, 0.05) is 18.6 Å². The molecule has 1 N–H and O–H groups in total.